The van der Waals surface area contributed by atoms with Gasteiger partial charge in [-0.3, -0.25) is 4.79 Å². The van der Waals surface area contributed by atoms with E-state index in [0.29, 0.717) is 21.8 Å². The first kappa shape index (κ1) is 12.1. The van der Waals surface area contributed by atoms with Gasteiger partial charge in [0, 0.05) is 26.3 Å². The highest BCUT2D eigenvalue weighted by Gasteiger charge is 2.10. The van der Waals surface area contributed by atoms with Gasteiger partial charge in [-0.2, -0.15) is 0 Å². The molecule has 0 saturated carbocycles. The minimum absolute atomic E-state index is 0.0910. The number of nitrogen functional groups attached to an aromatic ring is 1. The van der Waals surface area contributed by atoms with Gasteiger partial charge in [-0.25, -0.2) is 0 Å². The van der Waals surface area contributed by atoms with Crippen LogP contribution in [0.1, 0.15) is 15.9 Å². The minimum Gasteiger partial charge on any atom is -0.399 e. The maximum Gasteiger partial charge on any atom is 0.193 e. The number of carbonyl (C=O) groups is 1. The fourth-order valence-corrected chi connectivity index (χ4v) is 2.02. The van der Waals surface area contributed by atoms with Crippen LogP contribution in [0.2, 0.25) is 5.02 Å². The summed E-state index contributed by atoms with van der Waals surface area (Å²) >= 11 is 9.19. The van der Waals surface area contributed by atoms with E-state index in [1.807, 2.05) is 12.1 Å². The molecule has 2 N–H and O–H groups in total. The van der Waals surface area contributed by atoms with Crippen LogP contribution in [0.3, 0.4) is 0 Å². The Bertz CT molecular complexity index is 546. The van der Waals surface area contributed by atoms with E-state index in [1.165, 1.54) is 0 Å². The van der Waals surface area contributed by atoms with Crippen molar-refractivity contribution in [1.29, 1.82) is 0 Å². The van der Waals surface area contributed by atoms with Crippen LogP contribution in [0.25, 0.3) is 0 Å². The summed E-state index contributed by atoms with van der Waals surface area (Å²) in [5, 5.41) is 0.463. The lowest BCUT2D eigenvalue weighted by molar-refractivity contribution is 0.103. The molecule has 0 fully saturated rings. The highest BCUT2D eigenvalue weighted by Crippen LogP contribution is 2.20. The Morgan fingerprint density at radius 1 is 1.06 bits per heavy atom. The van der Waals surface area contributed by atoms with Gasteiger partial charge in [-0.15, -0.1) is 0 Å². The molecule has 2 rings (SSSR count). The number of carbonyl (C=O) groups excluding carboxylic acids is 1. The Balaban J connectivity index is 2.40. The summed E-state index contributed by atoms with van der Waals surface area (Å²) in [5.41, 5.74) is 7.24. The maximum atomic E-state index is 12.1. The van der Waals surface area contributed by atoms with Gasteiger partial charge in [0.1, 0.15) is 0 Å². The summed E-state index contributed by atoms with van der Waals surface area (Å²) in [4.78, 5) is 12.1. The molecule has 0 heterocycles. The van der Waals surface area contributed by atoms with Crippen LogP contribution in [0, 0.1) is 0 Å². The van der Waals surface area contributed by atoms with Crippen molar-refractivity contribution in [3.8, 4) is 0 Å². The normalized spacial score (nSPS) is 10.2. The number of rotatable bonds is 2. The number of ketones is 1. The van der Waals surface area contributed by atoms with Gasteiger partial charge >= 0.3 is 0 Å². The monoisotopic (exact) mass is 309 g/mol. The van der Waals surface area contributed by atoms with Crippen molar-refractivity contribution in [1.82, 2.24) is 0 Å². The number of nitrogens with two attached hydrogens (primary N) is 1. The third-order valence-electron chi connectivity index (χ3n) is 2.29. The van der Waals surface area contributed by atoms with Gasteiger partial charge in [-0.05, 0) is 42.5 Å². The van der Waals surface area contributed by atoms with Crippen LogP contribution in [0.15, 0.2) is 46.9 Å². The number of hydrogen-bond donors (Lipinski definition) is 1. The Hall–Kier alpha value is -1.32. The van der Waals surface area contributed by atoms with Gasteiger partial charge < -0.3 is 5.73 Å². The van der Waals surface area contributed by atoms with E-state index in [-0.39, 0.29) is 5.78 Å². The molecular formula is C13H9BrClNO. The molecule has 0 aromatic heterocycles. The van der Waals surface area contributed by atoms with E-state index in [0.717, 1.165) is 4.47 Å². The highest BCUT2D eigenvalue weighted by atomic mass is 79.9. The first-order chi connectivity index (χ1) is 8.06. The van der Waals surface area contributed by atoms with Crippen LogP contribution < -0.4 is 5.73 Å². The van der Waals surface area contributed by atoms with Crippen LogP contribution in [-0.4, -0.2) is 5.78 Å². The second-order valence-corrected chi connectivity index (χ2v) is 4.96. The standard InChI is InChI=1S/C13H9BrClNO/c14-10-3-1-8(2-4-10)13(17)9-5-11(15)7-12(16)6-9/h1-7H,16H2. The average Bonchev–Trinajstić information content (AvgIpc) is 2.28. The van der Waals surface area contributed by atoms with Crippen LogP contribution in [0.4, 0.5) is 5.69 Å². The Labute approximate surface area is 113 Å². The lowest BCUT2D eigenvalue weighted by atomic mass is 10.0. The molecular weight excluding hydrogens is 302 g/mol. The van der Waals surface area contributed by atoms with Gasteiger partial charge in [0.2, 0.25) is 0 Å². The number of anilines is 1. The van der Waals surface area contributed by atoms with Crippen molar-refractivity contribution in [2.45, 2.75) is 0 Å². The maximum absolute atomic E-state index is 12.1. The van der Waals surface area contributed by atoms with Crippen molar-refractivity contribution in [3.05, 3.63) is 63.1 Å². The van der Waals surface area contributed by atoms with Gasteiger partial charge in [0.05, 0.1) is 0 Å². The fourth-order valence-electron chi connectivity index (χ4n) is 1.51. The zero-order valence-electron chi connectivity index (χ0n) is 8.78. The number of halogens is 2. The molecule has 0 aliphatic carbocycles. The summed E-state index contributed by atoms with van der Waals surface area (Å²) in [6.07, 6.45) is 0. The second-order valence-electron chi connectivity index (χ2n) is 3.61. The molecule has 86 valence electrons. The molecule has 0 bridgehead atoms. The van der Waals surface area contributed by atoms with E-state index in [4.69, 9.17) is 17.3 Å². The fraction of sp³-hybridized carbons (Fsp3) is 0. The molecule has 0 atom stereocenters. The van der Waals surface area contributed by atoms with E-state index in [2.05, 4.69) is 15.9 Å². The Morgan fingerprint density at radius 2 is 1.71 bits per heavy atom. The summed E-state index contributed by atoms with van der Waals surface area (Å²) in [6.45, 7) is 0. The molecule has 0 unspecified atom stereocenters. The molecule has 17 heavy (non-hydrogen) atoms. The SMILES string of the molecule is Nc1cc(Cl)cc(C(=O)c2ccc(Br)cc2)c1. The van der Waals surface area contributed by atoms with Crippen LogP contribution >= 0.6 is 27.5 Å². The Kier molecular flexibility index (Phi) is 3.50. The van der Waals surface area contributed by atoms with Crippen molar-refractivity contribution in [3.63, 3.8) is 0 Å². The number of hydrogen-bond acceptors (Lipinski definition) is 2. The van der Waals surface area contributed by atoms with Gasteiger partial charge in [0.25, 0.3) is 0 Å². The smallest absolute Gasteiger partial charge is 0.193 e. The molecule has 2 nitrogen and oxygen atoms in total. The van der Waals surface area contributed by atoms with Crippen LogP contribution in [0.5, 0.6) is 0 Å². The van der Waals surface area contributed by atoms with Gasteiger partial charge in [0.15, 0.2) is 5.78 Å². The summed E-state index contributed by atoms with van der Waals surface area (Å²) in [7, 11) is 0. The van der Waals surface area contributed by atoms with E-state index in [9.17, 15) is 4.79 Å². The molecule has 2 aromatic rings. The van der Waals surface area contributed by atoms with E-state index in [1.54, 1.807) is 30.3 Å². The first-order valence-corrected chi connectivity index (χ1v) is 6.10. The summed E-state index contributed by atoms with van der Waals surface area (Å²) < 4.78 is 0.930. The molecule has 0 amide bonds. The van der Waals surface area contributed by atoms with Crippen LogP contribution in [-0.2, 0) is 0 Å². The number of benzene rings is 2. The predicted molar refractivity (Wildman–Crippen MR) is 73.4 cm³/mol. The second kappa shape index (κ2) is 4.90. The average molecular weight is 311 g/mol. The van der Waals surface area contributed by atoms with Crippen molar-refractivity contribution in [2.24, 2.45) is 0 Å². The highest BCUT2D eigenvalue weighted by molar-refractivity contribution is 9.10. The molecule has 0 aliphatic heterocycles. The summed E-state index contributed by atoms with van der Waals surface area (Å²) in [5.74, 6) is -0.0910. The van der Waals surface area contributed by atoms with Crippen molar-refractivity contribution in [2.75, 3.05) is 5.73 Å². The lowest BCUT2D eigenvalue weighted by Crippen LogP contribution is -2.02. The van der Waals surface area contributed by atoms with Crippen molar-refractivity contribution < 1.29 is 4.79 Å². The molecule has 0 radical (unpaired) electrons. The molecule has 0 spiro atoms. The summed E-state index contributed by atoms with van der Waals surface area (Å²) in [6, 6.07) is 12.0. The minimum atomic E-state index is -0.0910. The van der Waals surface area contributed by atoms with Crippen molar-refractivity contribution >= 4 is 39.0 Å². The lowest BCUT2D eigenvalue weighted by Gasteiger charge is -2.03. The largest absolute Gasteiger partial charge is 0.399 e. The zero-order valence-corrected chi connectivity index (χ0v) is 11.1. The predicted octanol–water partition coefficient (Wildman–Crippen LogP) is 3.92. The molecule has 0 saturated heterocycles. The molecule has 4 heteroatoms. The topological polar surface area (TPSA) is 43.1 Å². The third kappa shape index (κ3) is 2.87. The van der Waals surface area contributed by atoms with Gasteiger partial charge in [-0.1, -0.05) is 27.5 Å². The molecule has 2 aromatic carbocycles. The Morgan fingerprint density at radius 3 is 2.29 bits per heavy atom. The zero-order chi connectivity index (χ0) is 12.4. The van der Waals surface area contributed by atoms with E-state index < -0.39 is 0 Å². The first-order valence-electron chi connectivity index (χ1n) is 4.92. The molecule has 0 aliphatic rings. The quantitative estimate of drug-likeness (QED) is 0.675. The van der Waals surface area contributed by atoms with E-state index >= 15 is 0 Å². The third-order valence-corrected chi connectivity index (χ3v) is 3.04.